The molecule has 7 heteroatoms. The molecule has 0 aliphatic heterocycles. The lowest BCUT2D eigenvalue weighted by Gasteiger charge is -2.14. The van der Waals surface area contributed by atoms with Gasteiger partial charge in [-0.15, -0.1) is 0 Å². The van der Waals surface area contributed by atoms with Crippen LogP contribution < -0.4 is 15.0 Å². The van der Waals surface area contributed by atoms with Crippen LogP contribution in [0.1, 0.15) is 5.56 Å². The van der Waals surface area contributed by atoms with E-state index < -0.39 is 0 Å². The van der Waals surface area contributed by atoms with Crippen molar-refractivity contribution in [2.24, 2.45) is 0 Å². The molecule has 0 aliphatic carbocycles. The number of rotatable bonds is 7. The molecule has 0 atom stereocenters. The third-order valence-corrected chi connectivity index (χ3v) is 5.96. The molecule has 0 amide bonds. The minimum atomic E-state index is -0.192. The first-order chi connectivity index (χ1) is 16.0. The van der Waals surface area contributed by atoms with Crippen LogP contribution in [0.3, 0.4) is 0 Å². The maximum Gasteiger partial charge on any atom is 0.267 e. The maximum atomic E-state index is 13.0. The number of benzene rings is 3. The maximum absolute atomic E-state index is 13.0. The summed E-state index contributed by atoms with van der Waals surface area (Å²) in [7, 11) is 3.24. The van der Waals surface area contributed by atoms with Gasteiger partial charge in [0.05, 0.1) is 19.9 Å². The van der Waals surface area contributed by atoms with Crippen LogP contribution in [0, 0.1) is 0 Å². The second-order valence-corrected chi connectivity index (χ2v) is 8.25. The SMILES string of the molecule is COc1ccc(-c2cc(=O)n(CCc3ccc(Cl)cc3Cl)nc2-c2ccc(OC)cc2)cc1. The summed E-state index contributed by atoms with van der Waals surface area (Å²) in [4.78, 5) is 13.0. The molecule has 0 spiro atoms. The van der Waals surface area contributed by atoms with Crippen molar-refractivity contribution in [1.82, 2.24) is 9.78 Å². The fourth-order valence-corrected chi connectivity index (χ4v) is 4.06. The van der Waals surface area contributed by atoms with Crippen LogP contribution in [0.5, 0.6) is 11.5 Å². The highest BCUT2D eigenvalue weighted by Crippen LogP contribution is 2.31. The molecule has 0 saturated heterocycles. The van der Waals surface area contributed by atoms with Gasteiger partial charge in [-0.3, -0.25) is 4.79 Å². The standard InChI is InChI=1S/C26H22Cl2N2O3/c1-32-21-9-4-17(5-10-21)23-16-25(31)30(14-13-18-3-8-20(27)15-24(18)28)29-26(23)19-6-11-22(33-2)12-7-19/h3-12,15-16H,13-14H2,1-2H3. The van der Waals surface area contributed by atoms with Gasteiger partial charge in [-0.1, -0.05) is 41.4 Å². The summed E-state index contributed by atoms with van der Waals surface area (Å²) < 4.78 is 12.0. The summed E-state index contributed by atoms with van der Waals surface area (Å²) in [6.45, 7) is 0.381. The van der Waals surface area contributed by atoms with Gasteiger partial charge in [0.25, 0.3) is 5.56 Å². The van der Waals surface area contributed by atoms with E-state index >= 15 is 0 Å². The first kappa shape index (κ1) is 22.9. The minimum absolute atomic E-state index is 0.192. The summed E-state index contributed by atoms with van der Waals surface area (Å²) in [5, 5.41) is 5.89. The van der Waals surface area contributed by atoms with Gasteiger partial charge in [0.15, 0.2) is 0 Å². The van der Waals surface area contributed by atoms with Crippen molar-refractivity contribution < 1.29 is 9.47 Å². The number of hydrogen-bond donors (Lipinski definition) is 0. The number of halogens is 2. The van der Waals surface area contributed by atoms with Crippen LogP contribution in [0.2, 0.25) is 10.0 Å². The Labute approximate surface area is 202 Å². The molecular weight excluding hydrogens is 459 g/mol. The van der Waals surface area contributed by atoms with E-state index in [9.17, 15) is 4.79 Å². The molecule has 0 unspecified atom stereocenters. The second kappa shape index (κ2) is 10.1. The smallest absolute Gasteiger partial charge is 0.267 e. The van der Waals surface area contributed by atoms with Crippen LogP contribution in [-0.4, -0.2) is 24.0 Å². The Kier molecular flexibility index (Phi) is 7.02. The zero-order valence-electron chi connectivity index (χ0n) is 18.2. The van der Waals surface area contributed by atoms with E-state index in [0.29, 0.717) is 28.7 Å². The van der Waals surface area contributed by atoms with Crippen molar-refractivity contribution in [2.45, 2.75) is 13.0 Å². The highest BCUT2D eigenvalue weighted by molar-refractivity contribution is 6.35. The molecule has 168 valence electrons. The van der Waals surface area contributed by atoms with E-state index in [1.165, 1.54) is 4.68 Å². The van der Waals surface area contributed by atoms with Crippen LogP contribution in [0.25, 0.3) is 22.4 Å². The average Bonchev–Trinajstić information content (AvgIpc) is 2.84. The van der Waals surface area contributed by atoms with Crippen molar-refractivity contribution in [3.05, 3.63) is 98.8 Å². The van der Waals surface area contributed by atoms with E-state index in [1.807, 2.05) is 54.6 Å². The predicted octanol–water partition coefficient (Wildman–Crippen LogP) is 6.14. The molecule has 0 fully saturated rings. The van der Waals surface area contributed by atoms with Gasteiger partial charge in [-0.05, 0) is 66.1 Å². The average molecular weight is 481 g/mol. The highest BCUT2D eigenvalue weighted by atomic mass is 35.5. The summed E-state index contributed by atoms with van der Waals surface area (Å²) in [6.07, 6.45) is 0.548. The van der Waals surface area contributed by atoms with E-state index in [2.05, 4.69) is 0 Å². The van der Waals surface area contributed by atoms with E-state index in [0.717, 1.165) is 33.8 Å². The minimum Gasteiger partial charge on any atom is -0.497 e. The predicted molar refractivity (Wildman–Crippen MR) is 133 cm³/mol. The molecule has 0 N–H and O–H groups in total. The number of hydrogen-bond acceptors (Lipinski definition) is 4. The number of methoxy groups -OCH3 is 2. The molecule has 0 bridgehead atoms. The zero-order chi connectivity index (χ0) is 23.4. The third kappa shape index (κ3) is 5.21. The molecule has 1 aromatic heterocycles. The molecule has 33 heavy (non-hydrogen) atoms. The van der Waals surface area contributed by atoms with Crippen LogP contribution in [0.4, 0.5) is 0 Å². The fraction of sp³-hybridized carbons (Fsp3) is 0.154. The summed E-state index contributed by atoms with van der Waals surface area (Å²) in [6, 6.07) is 22.1. The van der Waals surface area contributed by atoms with E-state index in [-0.39, 0.29) is 5.56 Å². The third-order valence-electron chi connectivity index (χ3n) is 5.37. The van der Waals surface area contributed by atoms with Crippen molar-refractivity contribution in [3.8, 4) is 33.9 Å². The Balaban J connectivity index is 1.76. The van der Waals surface area contributed by atoms with Gasteiger partial charge in [0, 0.05) is 33.8 Å². The van der Waals surface area contributed by atoms with Crippen molar-refractivity contribution in [3.63, 3.8) is 0 Å². The van der Waals surface area contributed by atoms with Gasteiger partial charge in [-0.25, -0.2) is 4.68 Å². The Morgan fingerprint density at radius 3 is 2.00 bits per heavy atom. The van der Waals surface area contributed by atoms with Gasteiger partial charge in [0.1, 0.15) is 11.5 Å². The topological polar surface area (TPSA) is 53.4 Å². The zero-order valence-corrected chi connectivity index (χ0v) is 19.7. The second-order valence-electron chi connectivity index (χ2n) is 7.41. The van der Waals surface area contributed by atoms with Crippen molar-refractivity contribution in [2.75, 3.05) is 14.2 Å². The Morgan fingerprint density at radius 1 is 0.818 bits per heavy atom. The molecule has 0 saturated carbocycles. The largest absolute Gasteiger partial charge is 0.497 e. The molecule has 1 heterocycles. The van der Waals surface area contributed by atoms with Gasteiger partial charge in [0.2, 0.25) is 0 Å². The van der Waals surface area contributed by atoms with E-state index in [1.54, 1.807) is 32.4 Å². The first-order valence-corrected chi connectivity index (χ1v) is 11.1. The number of aryl methyl sites for hydroxylation is 2. The summed E-state index contributed by atoms with van der Waals surface area (Å²) >= 11 is 12.3. The lowest BCUT2D eigenvalue weighted by Crippen LogP contribution is -2.24. The molecule has 4 aromatic rings. The molecule has 0 radical (unpaired) electrons. The number of ether oxygens (including phenoxy) is 2. The molecule has 0 aliphatic rings. The lowest BCUT2D eigenvalue weighted by molar-refractivity contribution is 0.414. The lowest BCUT2D eigenvalue weighted by atomic mass is 10.00. The summed E-state index contributed by atoms with van der Waals surface area (Å²) in [5.74, 6) is 1.49. The highest BCUT2D eigenvalue weighted by Gasteiger charge is 2.14. The quantitative estimate of drug-likeness (QED) is 0.318. The molecule has 4 rings (SSSR count). The van der Waals surface area contributed by atoms with Crippen molar-refractivity contribution in [1.29, 1.82) is 0 Å². The number of aromatic nitrogens is 2. The normalized spacial score (nSPS) is 10.8. The van der Waals surface area contributed by atoms with Gasteiger partial charge in [-0.2, -0.15) is 5.10 Å². The first-order valence-electron chi connectivity index (χ1n) is 10.3. The molecule has 5 nitrogen and oxygen atoms in total. The van der Waals surface area contributed by atoms with Crippen LogP contribution in [-0.2, 0) is 13.0 Å². The van der Waals surface area contributed by atoms with Crippen molar-refractivity contribution >= 4 is 23.2 Å². The molecular formula is C26H22Cl2N2O3. The van der Waals surface area contributed by atoms with Gasteiger partial charge < -0.3 is 9.47 Å². The van der Waals surface area contributed by atoms with Crippen LogP contribution in [0.15, 0.2) is 77.6 Å². The Hall–Kier alpha value is -3.28. The van der Waals surface area contributed by atoms with Crippen LogP contribution >= 0.6 is 23.2 Å². The summed E-state index contributed by atoms with van der Waals surface area (Å²) in [5.41, 5.74) is 3.90. The van der Waals surface area contributed by atoms with Gasteiger partial charge >= 0.3 is 0 Å². The number of nitrogens with zero attached hydrogens (tertiary/aromatic N) is 2. The Bertz CT molecular complexity index is 1320. The Morgan fingerprint density at radius 2 is 1.42 bits per heavy atom. The fourth-order valence-electron chi connectivity index (χ4n) is 3.55. The monoisotopic (exact) mass is 480 g/mol. The molecule has 3 aromatic carbocycles. The van der Waals surface area contributed by atoms with E-state index in [4.69, 9.17) is 37.8 Å².